The van der Waals surface area contributed by atoms with Gasteiger partial charge >= 0.3 is 0 Å². The Morgan fingerprint density at radius 3 is 2.52 bits per heavy atom. The van der Waals surface area contributed by atoms with Crippen molar-refractivity contribution in [3.8, 4) is 11.5 Å². The maximum Gasteiger partial charge on any atom is 0.297 e. The Morgan fingerprint density at radius 1 is 1.05 bits per heavy atom. The molecule has 0 aliphatic carbocycles. The van der Waals surface area contributed by atoms with Crippen molar-refractivity contribution in [3.63, 3.8) is 0 Å². The second-order valence-electron chi connectivity index (χ2n) is 4.72. The minimum Gasteiger partial charge on any atom is -0.454 e. The summed E-state index contributed by atoms with van der Waals surface area (Å²) >= 11 is 0. The SMILES string of the molecule is Cc1ccc(S(=O)(=O)OCc2ccc3c(c2)OCO3)cc1. The Hall–Kier alpha value is -2.05. The van der Waals surface area contributed by atoms with Crippen LogP contribution in [0.4, 0.5) is 0 Å². The first-order chi connectivity index (χ1) is 10.0. The molecule has 2 aromatic rings. The van der Waals surface area contributed by atoms with E-state index >= 15 is 0 Å². The molecule has 6 heteroatoms. The van der Waals surface area contributed by atoms with Gasteiger partial charge in [-0.2, -0.15) is 8.42 Å². The molecule has 0 radical (unpaired) electrons. The Morgan fingerprint density at radius 2 is 1.76 bits per heavy atom. The van der Waals surface area contributed by atoms with Crippen molar-refractivity contribution >= 4 is 10.1 Å². The highest BCUT2D eigenvalue weighted by Gasteiger charge is 2.17. The number of aryl methyl sites for hydroxylation is 1. The summed E-state index contributed by atoms with van der Waals surface area (Å²) in [5, 5.41) is 0. The van der Waals surface area contributed by atoms with Crippen LogP contribution in [0.25, 0.3) is 0 Å². The summed E-state index contributed by atoms with van der Waals surface area (Å²) in [7, 11) is -3.76. The van der Waals surface area contributed by atoms with Crippen molar-refractivity contribution in [2.24, 2.45) is 0 Å². The van der Waals surface area contributed by atoms with E-state index in [9.17, 15) is 8.42 Å². The normalized spacial score (nSPS) is 13.4. The first-order valence-electron chi connectivity index (χ1n) is 6.39. The maximum absolute atomic E-state index is 12.1. The number of rotatable bonds is 4. The molecule has 0 amide bonds. The quantitative estimate of drug-likeness (QED) is 0.813. The van der Waals surface area contributed by atoms with Crippen LogP contribution in [0.2, 0.25) is 0 Å². The van der Waals surface area contributed by atoms with Crippen molar-refractivity contribution in [2.75, 3.05) is 6.79 Å². The molecule has 3 rings (SSSR count). The third-order valence-electron chi connectivity index (χ3n) is 3.13. The van der Waals surface area contributed by atoms with Gasteiger partial charge in [-0.15, -0.1) is 0 Å². The molecule has 0 bridgehead atoms. The van der Waals surface area contributed by atoms with E-state index in [-0.39, 0.29) is 18.3 Å². The zero-order valence-electron chi connectivity index (χ0n) is 11.4. The molecule has 110 valence electrons. The monoisotopic (exact) mass is 306 g/mol. The number of ether oxygens (including phenoxy) is 2. The molecule has 2 aromatic carbocycles. The largest absolute Gasteiger partial charge is 0.454 e. The lowest BCUT2D eigenvalue weighted by Crippen LogP contribution is -2.06. The average Bonchev–Trinajstić information content (AvgIpc) is 2.93. The lowest BCUT2D eigenvalue weighted by atomic mass is 10.2. The summed E-state index contributed by atoms with van der Waals surface area (Å²) in [6, 6.07) is 11.7. The number of benzene rings is 2. The highest BCUT2D eigenvalue weighted by molar-refractivity contribution is 7.86. The average molecular weight is 306 g/mol. The summed E-state index contributed by atoms with van der Waals surface area (Å²) < 4.78 is 39.7. The van der Waals surface area contributed by atoms with E-state index in [1.54, 1.807) is 30.3 Å². The predicted molar refractivity (Wildman–Crippen MR) is 75.7 cm³/mol. The molecule has 5 nitrogen and oxygen atoms in total. The molecule has 0 atom stereocenters. The van der Waals surface area contributed by atoms with Gasteiger partial charge in [0.2, 0.25) is 6.79 Å². The summed E-state index contributed by atoms with van der Waals surface area (Å²) in [5.74, 6) is 1.25. The van der Waals surface area contributed by atoms with Gasteiger partial charge in [0.05, 0.1) is 11.5 Å². The van der Waals surface area contributed by atoms with Gasteiger partial charge < -0.3 is 9.47 Å². The molecule has 0 unspecified atom stereocenters. The van der Waals surface area contributed by atoms with E-state index in [0.717, 1.165) is 5.56 Å². The van der Waals surface area contributed by atoms with Crippen LogP contribution in [0.15, 0.2) is 47.4 Å². The molecule has 1 heterocycles. The molecule has 0 fully saturated rings. The summed E-state index contributed by atoms with van der Waals surface area (Å²) in [4.78, 5) is 0.147. The maximum atomic E-state index is 12.1. The molecule has 0 saturated heterocycles. The van der Waals surface area contributed by atoms with Gasteiger partial charge in [-0.25, -0.2) is 0 Å². The van der Waals surface area contributed by atoms with Crippen LogP contribution in [-0.4, -0.2) is 15.2 Å². The van der Waals surface area contributed by atoms with Crippen LogP contribution in [-0.2, 0) is 20.9 Å². The van der Waals surface area contributed by atoms with Crippen LogP contribution in [0, 0.1) is 6.92 Å². The van der Waals surface area contributed by atoms with Crippen molar-refractivity contribution in [2.45, 2.75) is 18.4 Å². The van der Waals surface area contributed by atoms with E-state index in [4.69, 9.17) is 13.7 Å². The lowest BCUT2D eigenvalue weighted by molar-refractivity contribution is 0.174. The second kappa shape index (κ2) is 5.38. The highest BCUT2D eigenvalue weighted by atomic mass is 32.2. The van der Waals surface area contributed by atoms with E-state index in [2.05, 4.69) is 0 Å². The fourth-order valence-electron chi connectivity index (χ4n) is 1.95. The molecule has 0 N–H and O–H groups in total. The number of hydrogen-bond acceptors (Lipinski definition) is 5. The van der Waals surface area contributed by atoms with Gasteiger partial charge in [-0.1, -0.05) is 23.8 Å². The minimum atomic E-state index is -3.76. The van der Waals surface area contributed by atoms with E-state index < -0.39 is 10.1 Å². The van der Waals surface area contributed by atoms with Crippen LogP contribution in [0.3, 0.4) is 0 Å². The van der Waals surface area contributed by atoms with Gasteiger partial charge in [0.1, 0.15) is 0 Å². The van der Waals surface area contributed by atoms with Crippen LogP contribution in [0.5, 0.6) is 11.5 Å². The smallest absolute Gasteiger partial charge is 0.297 e. The first kappa shape index (κ1) is 13.9. The molecule has 0 aromatic heterocycles. The molecule has 1 aliphatic rings. The summed E-state index contributed by atoms with van der Waals surface area (Å²) in [6.45, 7) is 2.03. The zero-order chi connectivity index (χ0) is 14.9. The van der Waals surface area contributed by atoms with E-state index in [0.29, 0.717) is 17.1 Å². The van der Waals surface area contributed by atoms with Crippen LogP contribution in [0.1, 0.15) is 11.1 Å². The van der Waals surface area contributed by atoms with E-state index in [1.807, 2.05) is 6.92 Å². The van der Waals surface area contributed by atoms with Crippen molar-refractivity contribution in [1.29, 1.82) is 0 Å². The van der Waals surface area contributed by atoms with E-state index in [1.165, 1.54) is 12.1 Å². The van der Waals surface area contributed by atoms with Crippen LogP contribution >= 0.6 is 0 Å². The topological polar surface area (TPSA) is 61.8 Å². The fraction of sp³-hybridized carbons (Fsp3) is 0.200. The van der Waals surface area contributed by atoms with Crippen molar-refractivity contribution in [3.05, 3.63) is 53.6 Å². The number of hydrogen-bond donors (Lipinski definition) is 0. The van der Waals surface area contributed by atoms with Crippen LogP contribution < -0.4 is 9.47 Å². The molecule has 1 aliphatic heterocycles. The second-order valence-corrected chi connectivity index (χ2v) is 6.33. The molecule has 0 saturated carbocycles. The Bertz CT molecular complexity index is 750. The standard InChI is InChI=1S/C15H14O5S/c1-11-2-5-13(6-3-11)21(16,17)20-9-12-4-7-14-15(8-12)19-10-18-14/h2-8H,9-10H2,1H3. The van der Waals surface area contributed by atoms with Gasteiger partial charge in [0.15, 0.2) is 11.5 Å². The molecular weight excluding hydrogens is 292 g/mol. The Balaban J connectivity index is 1.73. The zero-order valence-corrected chi connectivity index (χ0v) is 12.2. The third kappa shape index (κ3) is 3.01. The fourth-order valence-corrected chi connectivity index (χ4v) is 2.85. The summed E-state index contributed by atoms with van der Waals surface area (Å²) in [5.41, 5.74) is 1.69. The lowest BCUT2D eigenvalue weighted by Gasteiger charge is -2.07. The Kier molecular flexibility index (Phi) is 3.57. The van der Waals surface area contributed by atoms with Crippen molar-refractivity contribution in [1.82, 2.24) is 0 Å². The van der Waals surface area contributed by atoms with Crippen molar-refractivity contribution < 1.29 is 22.1 Å². The van der Waals surface area contributed by atoms with Gasteiger partial charge in [0.25, 0.3) is 10.1 Å². The summed E-state index contributed by atoms with van der Waals surface area (Å²) in [6.07, 6.45) is 0. The number of fused-ring (bicyclic) bond motifs is 1. The molecule has 21 heavy (non-hydrogen) atoms. The molecular formula is C15H14O5S. The van der Waals surface area contributed by atoms with Gasteiger partial charge in [0, 0.05) is 0 Å². The molecule has 0 spiro atoms. The Labute approximate surface area is 123 Å². The van der Waals surface area contributed by atoms with Gasteiger partial charge in [-0.3, -0.25) is 4.18 Å². The minimum absolute atomic E-state index is 0.0488. The highest BCUT2D eigenvalue weighted by Crippen LogP contribution is 2.32. The predicted octanol–water partition coefficient (Wildman–Crippen LogP) is 2.63. The van der Waals surface area contributed by atoms with Gasteiger partial charge in [-0.05, 0) is 36.8 Å². The first-order valence-corrected chi connectivity index (χ1v) is 7.80. The third-order valence-corrected chi connectivity index (χ3v) is 4.41.